The second-order valence-electron chi connectivity index (χ2n) is 5.31. The van der Waals surface area contributed by atoms with Crippen molar-refractivity contribution in [2.24, 2.45) is 5.41 Å². The summed E-state index contributed by atoms with van der Waals surface area (Å²) in [5.74, 6) is 0. The Hall–Kier alpha value is -0.0800. The molecule has 0 bridgehead atoms. The summed E-state index contributed by atoms with van der Waals surface area (Å²) in [6.07, 6.45) is 8.99. The van der Waals surface area contributed by atoms with E-state index in [4.69, 9.17) is 0 Å². The van der Waals surface area contributed by atoms with Gasteiger partial charge >= 0.3 is 0 Å². The highest BCUT2D eigenvalue weighted by molar-refractivity contribution is 4.86. The van der Waals surface area contributed by atoms with Crippen LogP contribution in [0.15, 0.2) is 0 Å². The predicted molar refractivity (Wildman–Crippen MR) is 65.0 cm³/mol. The van der Waals surface area contributed by atoms with Crippen LogP contribution in [0.1, 0.15) is 51.9 Å². The van der Waals surface area contributed by atoms with E-state index in [0.29, 0.717) is 6.61 Å². The molecule has 1 N–H and O–H groups in total. The van der Waals surface area contributed by atoms with Crippen molar-refractivity contribution in [3.8, 4) is 0 Å². The van der Waals surface area contributed by atoms with Gasteiger partial charge in [-0.15, -0.1) is 0 Å². The molecule has 1 aliphatic rings. The molecule has 0 aliphatic heterocycles. The van der Waals surface area contributed by atoms with Crippen LogP contribution >= 0.6 is 0 Å². The fraction of sp³-hybridized carbons (Fsp3) is 1.00. The van der Waals surface area contributed by atoms with Crippen LogP contribution in [0, 0.1) is 5.41 Å². The molecule has 0 aromatic carbocycles. The maximum absolute atomic E-state index is 9.51. The second-order valence-corrected chi connectivity index (χ2v) is 5.31. The van der Waals surface area contributed by atoms with Crippen molar-refractivity contribution in [3.05, 3.63) is 0 Å². The van der Waals surface area contributed by atoms with Gasteiger partial charge in [0.25, 0.3) is 0 Å². The summed E-state index contributed by atoms with van der Waals surface area (Å²) in [4.78, 5) is 2.41. The van der Waals surface area contributed by atoms with Crippen LogP contribution in [0.5, 0.6) is 0 Å². The van der Waals surface area contributed by atoms with E-state index in [1.165, 1.54) is 51.5 Å². The van der Waals surface area contributed by atoms with Gasteiger partial charge in [0, 0.05) is 18.6 Å². The molecule has 2 nitrogen and oxygen atoms in total. The number of hydrogen-bond donors (Lipinski definition) is 1. The largest absolute Gasteiger partial charge is 0.396 e. The van der Waals surface area contributed by atoms with Crippen molar-refractivity contribution < 1.29 is 5.11 Å². The van der Waals surface area contributed by atoms with E-state index in [1.54, 1.807) is 0 Å². The van der Waals surface area contributed by atoms with Gasteiger partial charge in [0.2, 0.25) is 0 Å². The smallest absolute Gasteiger partial charge is 0.0499 e. The minimum absolute atomic E-state index is 0.237. The molecule has 0 radical (unpaired) electrons. The summed E-state index contributed by atoms with van der Waals surface area (Å²) in [6, 6.07) is 0. The lowest BCUT2D eigenvalue weighted by molar-refractivity contribution is 0.0883. The fourth-order valence-corrected chi connectivity index (χ4v) is 2.77. The van der Waals surface area contributed by atoms with Crippen LogP contribution < -0.4 is 0 Å². The Balaban J connectivity index is 2.25. The van der Waals surface area contributed by atoms with Crippen LogP contribution in [0.4, 0.5) is 0 Å². The Morgan fingerprint density at radius 1 is 1.20 bits per heavy atom. The van der Waals surface area contributed by atoms with Gasteiger partial charge in [0.15, 0.2) is 0 Å². The van der Waals surface area contributed by atoms with Gasteiger partial charge in [0.1, 0.15) is 0 Å². The quantitative estimate of drug-likeness (QED) is 0.657. The van der Waals surface area contributed by atoms with Crippen molar-refractivity contribution >= 4 is 0 Å². The zero-order valence-corrected chi connectivity index (χ0v) is 10.5. The number of unbranched alkanes of at least 4 members (excludes halogenated alkanes) is 2. The first-order chi connectivity index (χ1) is 7.22. The number of hydrogen-bond acceptors (Lipinski definition) is 2. The molecule has 1 saturated carbocycles. The molecule has 0 spiro atoms. The van der Waals surface area contributed by atoms with E-state index in [9.17, 15) is 5.11 Å². The first-order valence-electron chi connectivity index (χ1n) is 6.52. The molecule has 0 atom stereocenters. The molecule has 2 heteroatoms. The van der Waals surface area contributed by atoms with Crippen molar-refractivity contribution in [1.29, 1.82) is 0 Å². The van der Waals surface area contributed by atoms with Crippen LogP contribution in [-0.2, 0) is 0 Å². The molecule has 0 saturated heterocycles. The minimum atomic E-state index is 0.237. The summed E-state index contributed by atoms with van der Waals surface area (Å²) < 4.78 is 0. The highest BCUT2D eigenvalue weighted by Gasteiger charge is 2.33. The zero-order valence-electron chi connectivity index (χ0n) is 10.5. The molecule has 1 aliphatic carbocycles. The number of rotatable bonds is 7. The normalized spacial score (nSPS) is 20.0. The molecule has 90 valence electrons. The summed E-state index contributed by atoms with van der Waals surface area (Å²) in [6.45, 7) is 4.90. The number of aliphatic hydroxyl groups excluding tert-OH is 1. The Morgan fingerprint density at radius 3 is 2.40 bits per heavy atom. The van der Waals surface area contributed by atoms with Gasteiger partial charge in [-0.2, -0.15) is 0 Å². The zero-order chi connectivity index (χ0) is 11.1. The van der Waals surface area contributed by atoms with Gasteiger partial charge in [-0.05, 0) is 32.9 Å². The van der Waals surface area contributed by atoms with Crippen LogP contribution in [-0.4, -0.2) is 36.8 Å². The summed E-state index contributed by atoms with van der Waals surface area (Å²) >= 11 is 0. The SMILES string of the molecule is CCCCCN(C)CC1(CO)CCCC1. The van der Waals surface area contributed by atoms with Crippen LogP contribution in [0.3, 0.4) is 0 Å². The average molecular weight is 213 g/mol. The topological polar surface area (TPSA) is 23.5 Å². The third-order valence-electron chi connectivity index (χ3n) is 3.75. The maximum atomic E-state index is 9.51. The molecule has 1 fully saturated rings. The van der Waals surface area contributed by atoms with Gasteiger partial charge in [-0.1, -0.05) is 32.6 Å². The van der Waals surface area contributed by atoms with E-state index in [-0.39, 0.29) is 5.41 Å². The molecule has 0 heterocycles. The molecule has 0 amide bonds. The van der Waals surface area contributed by atoms with Crippen LogP contribution in [0.25, 0.3) is 0 Å². The van der Waals surface area contributed by atoms with E-state index < -0.39 is 0 Å². The molecular weight excluding hydrogens is 186 g/mol. The maximum Gasteiger partial charge on any atom is 0.0499 e. The third kappa shape index (κ3) is 4.12. The Morgan fingerprint density at radius 2 is 1.87 bits per heavy atom. The van der Waals surface area contributed by atoms with Crippen molar-refractivity contribution in [1.82, 2.24) is 4.90 Å². The highest BCUT2D eigenvalue weighted by Crippen LogP contribution is 2.38. The average Bonchev–Trinajstić information content (AvgIpc) is 2.67. The Labute approximate surface area is 94.7 Å². The highest BCUT2D eigenvalue weighted by atomic mass is 16.3. The van der Waals surface area contributed by atoms with Gasteiger partial charge in [-0.25, -0.2) is 0 Å². The lowest BCUT2D eigenvalue weighted by atomic mass is 9.86. The van der Waals surface area contributed by atoms with Crippen LogP contribution in [0.2, 0.25) is 0 Å². The molecule has 0 aromatic rings. The predicted octanol–water partition coefficient (Wildman–Crippen LogP) is 2.66. The minimum Gasteiger partial charge on any atom is -0.396 e. The van der Waals surface area contributed by atoms with Crippen molar-refractivity contribution in [2.75, 3.05) is 26.7 Å². The van der Waals surface area contributed by atoms with E-state index in [0.717, 1.165) is 6.54 Å². The summed E-state index contributed by atoms with van der Waals surface area (Å²) in [7, 11) is 2.20. The van der Waals surface area contributed by atoms with Gasteiger partial charge < -0.3 is 10.0 Å². The molecule has 0 aromatic heterocycles. The monoisotopic (exact) mass is 213 g/mol. The molecule has 0 unspecified atom stereocenters. The first-order valence-corrected chi connectivity index (χ1v) is 6.52. The third-order valence-corrected chi connectivity index (χ3v) is 3.75. The number of nitrogens with zero attached hydrogens (tertiary/aromatic N) is 1. The lowest BCUT2D eigenvalue weighted by Crippen LogP contribution is -2.36. The Kier molecular flexibility index (Phi) is 5.62. The molecular formula is C13H27NO. The standard InChI is InChI=1S/C13H27NO/c1-3-4-7-10-14(2)11-13(12-15)8-5-6-9-13/h15H,3-12H2,1-2H3. The van der Waals surface area contributed by atoms with Crippen molar-refractivity contribution in [2.45, 2.75) is 51.9 Å². The van der Waals surface area contributed by atoms with E-state index >= 15 is 0 Å². The van der Waals surface area contributed by atoms with E-state index in [1.807, 2.05) is 0 Å². The summed E-state index contributed by atoms with van der Waals surface area (Å²) in [5, 5.41) is 9.51. The Bertz CT molecular complexity index is 164. The lowest BCUT2D eigenvalue weighted by Gasteiger charge is -2.31. The molecule has 1 rings (SSSR count). The van der Waals surface area contributed by atoms with Gasteiger partial charge in [0.05, 0.1) is 0 Å². The van der Waals surface area contributed by atoms with Gasteiger partial charge in [-0.3, -0.25) is 0 Å². The van der Waals surface area contributed by atoms with E-state index in [2.05, 4.69) is 18.9 Å². The number of aliphatic hydroxyl groups is 1. The second kappa shape index (κ2) is 6.49. The first kappa shape index (κ1) is 13.0. The van der Waals surface area contributed by atoms with Crippen molar-refractivity contribution in [3.63, 3.8) is 0 Å². The fourth-order valence-electron chi connectivity index (χ4n) is 2.77. The molecule has 15 heavy (non-hydrogen) atoms. The summed E-state index contributed by atoms with van der Waals surface area (Å²) in [5.41, 5.74) is 0.237.